The molecular formula is C75H51N3. The molecule has 0 aliphatic rings. The van der Waals surface area contributed by atoms with E-state index < -0.39 is 0 Å². The Bertz CT molecular complexity index is 4030. The van der Waals surface area contributed by atoms with E-state index in [0.717, 1.165) is 112 Å². The summed E-state index contributed by atoms with van der Waals surface area (Å²) < 4.78 is 0. The summed E-state index contributed by atoms with van der Waals surface area (Å²) in [4.78, 5) is 14.1. The Kier molecular flexibility index (Phi) is 13.0. The molecule has 0 saturated heterocycles. The van der Waals surface area contributed by atoms with Gasteiger partial charge in [-0.05, 0) is 161 Å². The van der Waals surface area contributed by atoms with Crippen LogP contribution in [0.2, 0.25) is 0 Å². The van der Waals surface area contributed by atoms with Crippen LogP contribution in [0.1, 0.15) is 0 Å². The van der Waals surface area contributed by atoms with E-state index in [9.17, 15) is 0 Å². The number of rotatable bonds is 12. The van der Waals surface area contributed by atoms with Crippen LogP contribution in [0.3, 0.4) is 0 Å². The molecule has 0 aliphatic heterocycles. The fourth-order valence-electron chi connectivity index (χ4n) is 10.8. The molecule has 0 amide bonds. The molecule has 13 aromatic rings. The molecule has 3 heterocycles. The second-order valence-electron chi connectivity index (χ2n) is 19.5. The SMILES string of the molecule is c1ccc(-c2ccc(-c3ccc(-c4cc(-c5ccccn5)ccc4-c4ccccc4-c4cc(-c5ccccc5-c5ccc(-c6ccccn6)cc5)cc(-c5ccccc5-c5ccc(-c6ccccn6)cc5)c4)cc3)cc2)cc1. The van der Waals surface area contributed by atoms with Gasteiger partial charge in [-0.25, -0.2) is 0 Å². The highest BCUT2D eigenvalue weighted by Crippen LogP contribution is 2.45. The second kappa shape index (κ2) is 21.5. The number of benzene rings is 10. The predicted molar refractivity (Wildman–Crippen MR) is 325 cm³/mol. The number of nitrogens with zero attached hydrogens (tertiary/aromatic N) is 3. The van der Waals surface area contributed by atoms with Crippen molar-refractivity contribution in [2.24, 2.45) is 0 Å². The van der Waals surface area contributed by atoms with Crippen molar-refractivity contribution in [1.82, 2.24) is 15.0 Å². The molecule has 366 valence electrons. The first-order valence-corrected chi connectivity index (χ1v) is 26.5. The summed E-state index contributed by atoms with van der Waals surface area (Å²) in [5.41, 5.74) is 26.8. The van der Waals surface area contributed by atoms with Gasteiger partial charge >= 0.3 is 0 Å². The fraction of sp³-hybridized carbons (Fsp3) is 0. The molecule has 3 heteroatoms. The van der Waals surface area contributed by atoms with Gasteiger partial charge in [0.2, 0.25) is 0 Å². The highest BCUT2D eigenvalue weighted by atomic mass is 14.7. The van der Waals surface area contributed by atoms with Gasteiger partial charge < -0.3 is 0 Å². The van der Waals surface area contributed by atoms with E-state index in [1.165, 1.54) is 22.3 Å². The molecule has 13 rings (SSSR count). The normalized spacial score (nSPS) is 11.1. The maximum Gasteiger partial charge on any atom is 0.0702 e. The quantitative estimate of drug-likeness (QED) is 0.122. The minimum atomic E-state index is 0.932. The summed E-state index contributed by atoms with van der Waals surface area (Å²) in [5, 5.41) is 0. The molecule has 78 heavy (non-hydrogen) atoms. The van der Waals surface area contributed by atoms with Crippen molar-refractivity contribution >= 4 is 0 Å². The van der Waals surface area contributed by atoms with E-state index in [2.05, 4.69) is 271 Å². The standard InChI is InChI=1S/C75H51N3/c1-2-16-52(17-3-1)53-27-29-54(30-28-53)55-31-33-58(34-32-55)72-51-61(75-26-12-15-47-78-75)43-44-71(72)70-23-9-8-22-69(70)64-49-62(67-20-6-4-18-65(67)56-35-39-59(40-36-56)73-24-10-13-45-76-73)48-63(50-64)68-21-7-5-19-66(68)57-37-41-60(42-38-57)74-25-11-14-46-77-74/h1-51H. The van der Waals surface area contributed by atoms with Crippen molar-refractivity contribution in [1.29, 1.82) is 0 Å². The minimum Gasteiger partial charge on any atom is -0.256 e. The molecule has 0 saturated carbocycles. The molecule has 0 aliphatic carbocycles. The van der Waals surface area contributed by atoms with Crippen LogP contribution >= 0.6 is 0 Å². The van der Waals surface area contributed by atoms with Gasteiger partial charge in [0.15, 0.2) is 0 Å². The molecule has 10 aromatic carbocycles. The topological polar surface area (TPSA) is 38.7 Å². The Morgan fingerprint density at radius 2 is 0.410 bits per heavy atom. The second-order valence-corrected chi connectivity index (χ2v) is 19.5. The molecule has 3 aromatic heterocycles. The van der Waals surface area contributed by atoms with Crippen LogP contribution in [0.25, 0.3) is 134 Å². The van der Waals surface area contributed by atoms with Gasteiger partial charge in [0, 0.05) is 35.3 Å². The molecule has 0 fully saturated rings. The summed E-state index contributed by atoms with van der Waals surface area (Å²) in [6.45, 7) is 0. The molecule has 0 unspecified atom stereocenters. The number of hydrogen-bond acceptors (Lipinski definition) is 3. The van der Waals surface area contributed by atoms with Gasteiger partial charge in [-0.1, -0.05) is 231 Å². The third kappa shape index (κ3) is 9.76. The zero-order valence-electron chi connectivity index (χ0n) is 42.8. The Labute approximate surface area is 456 Å². The number of hydrogen-bond donors (Lipinski definition) is 0. The lowest BCUT2D eigenvalue weighted by Gasteiger charge is -2.19. The van der Waals surface area contributed by atoms with Crippen LogP contribution in [0.15, 0.2) is 310 Å². The zero-order valence-corrected chi connectivity index (χ0v) is 42.8. The van der Waals surface area contributed by atoms with Crippen molar-refractivity contribution < 1.29 is 0 Å². The van der Waals surface area contributed by atoms with Gasteiger partial charge in [0.05, 0.1) is 17.1 Å². The fourth-order valence-corrected chi connectivity index (χ4v) is 10.8. The summed E-state index contributed by atoms with van der Waals surface area (Å²) in [7, 11) is 0. The first-order valence-electron chi connectivity index (χ1n) is 26.5. The maximum atomic E-state index is 4.80. The lowest BCUT2D eigenvalue weighted by Crippen LogP contribution is -1.94. The Hall–Kier alpha value is -10.4. The molecule has 0 N–H and O–H groups in total. The zero-order chi connectivity index (χ0) is 52.0. The van der Waals surface area contributed by atoms with Crippen molar-refractivity contribution in [3.63, 3.8) is 0 Å². The van der Waals surface area contributed by atoms with Gasteiger partial charge in [-0.15, -0.1) is 0 Å². The van der Waals surface area contributed by atoms with E-state index >= 15 is 0 Å². The third-order valence-corrected chi connectivity index (χ3v) is 14.8. The van der Waals surface area contributed by atoms with E-state index in [-0.39, 0.29) is 0 Å². The first-order chi connectivity index (χ1) is 38.7. The lowest BCUT2D eigenvalue weighted by molar-refractivity contribution is 1.33. The third-order valence-electron chi connectivity index (χ3n) is 14.8. The summed E-state index contributed by atoms with van der Waals surface area (Å²) in [6.07, 6.45) is 5.56. The molecule has 3 nitrogen and oxygen atoms in total. The van der Waals surface area contributed by atoms with E-state index in [1.54, 1.807) is 0 Å². The highest BCUT2D eigenvalue weighted by Gasteiger charge is 2.19. The van der Waals surface area contributed by atoms with Gasteiger partial charge in [0.25, 0.3) is 0 Å². The maximum absolute atomic E-state index is 4.80. The van der Waals surface area contributed by atoms with Crippen molar-refractivity contribution in [3.05, 3.63) is 310 Å². The Balaban J connectivity index is 0.955. The molecule has 0 atom stereocenters. The van der Waals surface area contributed by atoms with Crippen LogP contribution in [0.5, 0.6) is 0 Å². The average Bonchev–Trinajstić information content (AvgIpc) is 3.55. The Morgan fingerprint density at radius 3 is 0.808 bits per heavy atom. The summed E-state index contributed by atoms with van der Waals surface area (Å²) >= 11 is 0. The molecule has 0 radical (unpaired) electrons. The summed E-state index contributed by atoms with van der Waals surface area (Å²) in [6, 6.07) is 105. The monoisotopic (exact) mass is 993 g/mol. The van der Waals surface area contributed by atoms with Gasteiger partial charge in [0.1, 0.15) is 0 Å². The molecule has 0 spiro atoms. The smallest absolute Gasteiger partial charge is 0.0702 e. The highest BCUT2D eigenvalue weighted by molar-refractivity contribution is 5.97. The van der Waals surface area contributed by atoms with Crippen LogP contribution in [0, 0.1) is 0 Å². The van der Waals surface area contributed by atoms with Crippen LogP contribution < -0.4 is 0 Å². The van der Waals surface area contributed by atoms with Crippen LogP contribution in [-0.2, 0) is 0 Å². The van der Waals surface area contributed by atoms with E-state index in [4.69, 9.17) is 4.98 Å². The van der Waals surface area contributed by atoms with Crippen molar-refractivity contribution in [3.8, 4) is 134 Å². The van der Waals surface area contributed by atoms with Gasteiger partial charge in [-0.3, -0.25) is 15.0 Å². The van der Waals surface area contributed by atoms with Crippen LogP contribution in [0.4, 0.5) is 0 Å². The van der Waals surface area contributed by atoms with Crippen LogP contribution in [-0.4, -0.2) is 15.0 Å². The number of aromatic nitrogens is 3. The predicted octanol–water partition coefficient (Wildman–Crippen LogP) is 19.9. The van der Waals surface area contributed by atoms with Crippen molar-refractivity contribution in [2.75, 3.05) is 0 Å². The summed E-state index contributed by atoms with van der Waals surface area (Å²) in [5.74, 6) is 0. The first kappa shape index (κ1) is 47.4. The van der Waals surface area contributed by atoms with Crippen molar-refractivity contribution in [2.45, 2.75) is 0 Å². The lowest BCUT2D eigenvalue weighted by atomic mass is 9.84. The largest absolute Gasteiger partial charge is 0.256 e. The Morgan fingerprint density at radius 1 is 0.141 bits per heavy atom. The minimum absolute atomic E-state index is 0.932. The van der Waals surface area contributed by atoms with E-state index in [1.807, 2.05) is 48.9 Å². The molecular weight excluding hydrogens is 943 g/mol. The number of pyridine rings is 3. The van der Waals surface area contributed by atoms with E-state index in [0.29, 0.717) is 0 Å². The average molecular weight is 994 g/mol. The molecule has 0 bridgehead atoms. The van der Waals surface area contributed by atoms with Gasteiger partial charge in [-0.2, -0.15) is 0 Å².